The van der Waals surface area contributed by atoms with E-state index in [2.05, 4.69) is 10.6 Å². The molecule has 2 aromatic rings. The Labute approximate surface area is 155 Å². The van der Waals surface area contributed by atoms with Crippen LogP contribution in [0.5, 0.6) is 5.75 Å². The van der Waals surface area contributed by atoms with Crippen LogP contribution < -0.4 is 15.4 Å². The van der Waals surface area contributed by atoms with E-state index in [1.165, 1.54) is 36.2 Å². The maximum Gasteiger partial charge on any atom is 0.266 e. The minimum Gasteiger partial charge on any atom is -0.478 e. The van der Waals surface area contributed by atoms with Crippen molar-refractivity contribution in [3.8, 4) is 5.75 Å². The van der Waals surface area contributed by atoms with Crippen molar-refractivity contribution < 1.29 is 23.5 Å². The van der Waals surface area contributed by atoms with Crippen molar-refractivity contribution in [1.29, 1.82) is 0 Å². The summed E-state index contributed by atoms with van der Waals surface area (Å²) in [6.45, 7) is -0.207. The average molecular weight is 371 g/mol. The molecule has 7 nitrogen and oxygen atoms in total. The van der Waals surface area contributed by atoms with Crippen LogP contribution in [-0.4, -0.2) is 42.3 Å². The standard InChI is InChI=1S/C19H18FN3O4/c1-23(11-17(24)21-13-8-6-12(20)7-9-13)18(25)10-16-19(26)22-14-4-2-3-5-15(14)27-16/h2-9,16H,10-11H2,1H3,(H,21,24)(H,22,26)/t16-/m1/s1. The Morgan fingerprint density at radius 3 is 2.63 bits per heavy atom. The first-order valence-electron chi connectivity index (χ1n) is 8.28. The molecule has 0 saturated carbocycles. The number of ether oxygens (including phenoxy) is 1. The summed E-state index contributed by atoms with van der Waals surface area (Å²) in [4.78, 5) is 37.7. The number of anilines is 2. The zero-order valence-electron chi connectivity index (χ0n) is 14.6. The van der Waals surface area contributed by atoms with Crippen LogP contribution >= 0.6 is 0 Å². The molecule has 1 aliphatic rings. The van der Waals surface area contributed by atoms with Gasteiger partial charge in [0.15, 0.2) is 6.10 Å². The van der Waals surface area contributed by atoms with Crippen molar-refractivity contribution in [2.75, 3.05) is 24.2 Å². The first-order chi connectivity index (χ1) is 12.9. The van der Waals surface area contributed by atoms with Gasteiger partial charge in [-0.15, -0.1) is 0 Å². The van der Waals surface area contributed by atoms with E-state index in [4.69, 9.17) is 4.74 Å². The lowest BCUT2D eigenvalue weighted by Gasteiger charge is -2.26. The summed E-state index contributed by atoms with van der Waals surface area (Å²) in [6, 6.07) is 12.2. The molecule has 3 amide bonds. The molecule has 0 aromatic heterocycles. The first-order valence-corrected chi connectivity index (χ1v) is 8.28. The molecule has 0 saturated heterocycles. The average Bonchev–Trinajstić information content (AvgIpc) is 2.64. The smallest absolute Gasteiger partial charge is 0.266 e. The molecule has 3 rings (SSSR count). The van der Waals surface area contributed by atoms with Crippen molar-refractivity contribution >= 4 is 29.1 Å². The zero-order chi connectivity index (χ0) is 19.4. The minimum atomic E-state index is -0.963. The summed E-state index contributed by atoms with van der Waals surface area (Å²) in [7, 11) is 1.46. The highest BCUT2D eigenvalue weighted by atomic mass is 19.1. The molecule has 0 unspecified atom stereocenters. The molecular weight excluding hydrogens is 353 g/mol. The third-order valence-corrected chi connectivity index (χ3v) is 4.00. The van der Waals surface area contributed by atoms with Crippen molar-refractivity contribution in [2.45, 2.75) is 12.5 Å². The zero-order valence-corrected chi connectivity index (χ0v) is 14.6. The SMILES string of the molecule is CN(CC(=O)Nc1ccc(F)cc1)C(=O)C[C@H]1Oc2ccccc2NC1=O. The molecule has 1 atom stereocenters. The number of benzene rings is 2. The van der Waals surface area contributed by atoms with Crippen molar-refractivity contribution in [3.63, 3.8) is 0 Å². The second-order valence-electron chi connectivity index (χ2n) is 6.10. The van der Waals surface area contributed by atoms with E-state index in [0.717, 1.165) is 0 Å². The van der Waals surface area contributed by atoms with Gasteiger partial charge >= 0.3 is 0 Å². The number of carbonyl (C=O) groups is 3. The maximum absolute atomic E-state index is 12.9. The van der Waals surface area contributed by atoms with Gasteiger partial charge < -0.3 is 20.3 Å². The third-order valence-electron chi connectivity index (χ3n) is 4.00. The summed E-state index contributed by atoms with van der Waals surface area (Å²) in [6.07, 6.45) is -1.16. The van der Waals surface area contributed by atoms with E-state index < -0.39 is 29.6 Å². The number of hydrogen-bond acceptors (Lipinski definition) is 4. The molecular formula is C19H18FN3O4. The number of amides is 3. The number of para-hydroxylation sites is 2. The molecule has 2 aromatic carbocycles. The molecule has 0 spiro atoms. The van der Waals surface area contributed by atoms with Gasteiger partial charge in [0.05, 0.1) is 18.7 Å². The molecule has 0 fully saturated rings. The molecule has 140 valence electrons. The summed E-state index contributed by atoms with van der Waals surface area (Å²) >= 11 is 0. The van der Waals surface area contributed by atoms with Crippen molar-refractivity contribution in [1.82, 2.24) is 4.90 Å². The van der Waals surface area contributed by atoms with Crippen LogP contribution in [0.3, 0.4) is 0 Å². The number of nitrogens with one attached hydrogen (secondary N) is 2. The Hall–Kier alpha value is -3.42. The van der Waals surface area contributed by atoms with Crippen LogP contribution in [-0.2, 0) is 14.4 Å². The predicted octanol–water partition coefficient (Wildman–Crippen LogP) is 2.01. The molecule has 2 N–H and O–H groups in total. The fourth-order valence-electron chi connectivity index (χ4n) is 2.58. The van der Waals surface area contributed by atoms with Gasteiger partial charge in [-0.1, -0.05) is 12.1 Å². The van der Waals surface area contributed by atoms with Crippen molar-refractivity contribution in [2.24, 2.45) is 0 Å². The molecule has 1 aliphatic heterocycles. The molecule has 27 heavy (non-hydrogen) atoms. The van der Waals surface area contributed by atoms with Gasteiger partial charge in [-0.2, -0.15) is 0 Å². The van der Waals surface area contributed by atoms with E-state index in [1.54, 1.807) is 24.3 Å². The van der Waals surface area contributed by atoms with Crippen LogP contribution in [0.2, 0.25) is 0 Å². The predicted molar refractivity (Wildman–Crippen MR) is 96.8 cm³/mol. The number of fused-ring (bicyclic) bond motifs is 1. The van der Waals surface area contributed by atoms with Crippen molar-refractivity contribution in [3.05, 3.63) is 54.3 Å². The van der Waals surface area contributed by atoms with Gasteiger partial charge in [0.25, 0.3) is 5.91 Å². The maximum atomic E-state index is 12.9. The van der Waals surface area contributed by atoms with Crippen LogP contribution in [0.25, 0.3) is 0 Å². The summed E-state index contributed by atoms with van der Waals surface area (Å²) in [5.41, 5.74) is 0.979. The number of carbonyl (C=O) groups excluding carboxylic acids is 3. The normalized spacial score (nSPS) is 15.2. The largest absolute Gasteiger partial charge is 0.478 e. The highest BCUT2D eigenvalue weighted by Gasteiger charge is 2.30. The Balaban J connectivity index is 1.54. The summed E-state index contributed by atoms with van der Waals surface area (Å²) in [5, 5.41) is 5.26. The lowest BCUT2D eigenvalue weighted by atomic mass is 10.1. The fraction of sp³-hybridized carbons (Fsp3) is 0.211. The number of rotatable bonds is 5. The Morgan fingerprint density at radius 2 is 1.89 bits per heavy atom. The highest BCUT2D eigenvalue weighted by Crippen LogP contribution is 2.29. The van der Waals surface area contributed by atoms with Crippen LogP contribution in [0.15, 0.2) is 48.5 Å². The van der Waals surface area contributed by atoms with Gasteiger partial charge in [-0.3, -0.25) is 14.4 Å². The van der Waals surface area contributed by atoms with Gasteiger partial charge in [-0.25, -0.2) is 4.39 Å². The minimum absolute atomic E-state index is 0.194. The second kappa shape index (κ2) is 7.86. The van der Waals surface area contributed by atoms with E-state index in [9.17, 15) is 18.8 Å². The van der Waals surface area contributed by atoms with E-state index in [0.29, 0.717) is 17.1 Å². The topological polar surface area (TPSA) is 87.7 Å². The lowest BCUT2D eigenvalue weighted by Crippen LogP contribution is -2.43. The van der Waals surface area contributed by atoms with Crippen LogP contribution in [0.1, 0.15) is 6.42 Å². The van der Waals surface area contributed by atoms with Gasteiger partial charge in [0.2, 0.25) is 11.8 Å². The van der Waals surface area contributed by atoms with Gasteiger partial charge in [0.1, 0.15) is 11.6 Å². The summed E-state index contributed by atoms with van der Waals surface area (Å²) < 4.78 is 18.5. The molecule has 8 heteroatoms. The first kappa shape index (κ1) is 18.4. The molecule has 0 bridgehead atoms. The molecule has 1 heterocycles. The lowest BCUT2D eigenvalue weighted by molar-refractivity contribution is -0.137. The number of nitrogens with zero attached hydrogens (tertiary/aromatic N) is 1. The van der Waals surface area contributed by atoms with Crippen LogP contribution in [0, 0.1) is 5.82 Å². The van der Waals surface area contributed by atoms with E-state index in [1.807, 2.05) is 0 Å². The number of hydrogen-bond donors (Lipinski definition) is 2. The second-order valence-corrected chi connectivity index (χ2v) is 6.10. The third kappa shape index (κ3) is 4.60. The quantitative estimate of drug-likeness (QED) is 0.842. The Morgan fingerprint density at radius 1 is 1.19 bits per heavy atom. The Bertz CT molecular complexity index is 870. The van der Waals surface area contributed by atoms with Gasteiger partial charge in [0, 0.05) is 12.7 Å². The Kier molecular flexibility index (Phi) is 5.35. The highest BCUT2D eigenvalue weighted by molar-refractivity contribution is 6.00. The van der Waals surface area contributed by atoms with E-state index >= 15 is 0 Å². The van der Waals surface area contributed by atoms with Crippen LogP contribution in [0.4, 0.5) is 15.8 Å². The van der Waals surface area contributed by atoms with E-state index in [-0.39, 0.29) is 13.0 Å². The monoisotopic (exact) mass is 371 g/mol. The number of halogens is 1. The van der Waals surface area contributed by atoms with Gasteiger partial charge in [-0.05, 0) is 36.4 Å². The molecule has 0 radical (unpaired) electrons. The fourth-order valence-corrected chi connectivity index (χ4v) is 2.58. The number of likely N-dealkylation sites (N-methyl/N-ethyl adjacent to an activating group) is 1. The summed E-state index contributed by atoms with van der Waals surface area (Å²) in [5.74, 6) is -1.17. The molecule has 0 aliphatic carbocycles.